The van der Waals surface area contributed by atoms with Gasteiger partial charge in [0.15, 0.2) is 0 Å². The van der Waals surface area contributed by atoms with Crippen molar-refractivity contribution in [2.75, 3.05) is 0 Å². The molecule has 3 heteroatoms. The summed E-state index contributed by atoms with van der Waals surface area (Å²) in [5.41, 5.74) is 6.98. The quantitative estimate of drug-likeness (QED) is 0.859. The summed E-state index contributed by atoms with van der Waals surface area (Å²) in [4.78, 5) is 11.5. The van der Waals surface area contributed by atoms with Gasteiger partial charge in [-0.25, -0.2) is 0 Å². The van der Waals surface area contributed by atoms with Gasteiger partial charge in [-0.15, -0.1) is 0 Å². The standard InChI is InChI=1S/C15H22N2O/c1-11(16)15(18)17-14-9-7-13(8-10-14)12-5-3-2-4-6-12/h2-6,11,13-14H,7-10,16H2,1H3,(H,17,18). The molecule has 0 spiro atoms. The van der Waals surface area contributed by atoms with Gasteiger partial charge in [-0.3, -0.25) is 4.79 Å². The number of amides is 1. The summed E-state index contributed by atoms with van der Waals surface area (Å²) in [5.74, 6) is 0.618. The van der Waals surface area contributed by atoms with Crippen LogP contribution in [0.1, 0.15) is 44.1 Å². The van der Waals surface area contributed by atoms with E-state index in [1.807, 2.05) is 0 Å². The lowest BCUT2D eigenvalue weighted by atomic mass is 9.82. The molecule has 0 heterocycles. The van der Waals surface area contributed by atoms with E-state index in [2.05, 4.69) is 35.6 Å². The van der Waals surface area contributed by atoms with Crippen molar-refractivity contribution in [3.8, 4) is 0 Å². The van der Waals surface area contributed by atoms with Crippen LogP contribution < -0.4 is 11.1 Å². The molecule has 0 aliphatic heterocycles. The molecule has 0 radical (unpaired) electrons. The highest BCUT2D eigenvalue weighted by atomic mass is 16.2. The van der Waals surface area contributed by atoms with E-state index in [9.17, 15) is 4.79 Å². The average Bonchev–Trinajstić information content (AvgIpc) is 2.40. The van der Waals surface area contributed by atoms with E-state index >= 15 is 0 Å². The molecule has 1 unspecified atom stereocenters. The first kappa shape index (κ1) is 13.1. The summed E-state index contributed by atoms with van der Waals surface area (Å²) >= 11 is 0. The molecule has 3 N–H and O–H groups in total. The second-order valence-corrected chi connectivity index (χ2v) is 5.26. The third kappa shape index (κ3) is 3.33. The van der Waals surface area contributed by atoms with Crippen LogP contribution in [0.3, 0.4) is 0 Å². The first-order valence-corrected chi connectivity index (χ1v) is 6.77. The lowest BCUT2D eigenvalue weighted by Crippen LogP contribution is -2.45. The Labute approximate surface area is 109 Å². The Bertz CT molecular complexity index is 381. The summed E-state index contributed by atoms with van der Waals surface area (Å²) in [6.45, 7) is 1.73. The van der Waals surface area contributed by atoms with Crippen LogP contribution in [0, 0.1) is 0 Å². The van der Waals surface area contributed by atoms with E-state index in [4.69, 9.17) is 5.73 Å². The minimum absolute atomic E-state index is 0.0295. The van der Waals surface area contributed by atoms with Gasteiger partial charge >= 0.3 is 0 Å². The summed E-state index contributed by atoms with van der Waals surface area (Å²) in [5, 5.41) is 3.03. The molecule has 1 aliphatic carbocycles. The Balaban J connectivity index is 1.83. The van der Waals surface area contributed by atoms with E-state index in [1.165, 1.54) is 5.56 Å². The number of benzene rings is 1. The van der Waals surface area contributed by atoms with Crippen LogP contribution in [0.5, 0.6) is 0 Å². The fourth-order valence-electron chi connectivity index (χ4n) is 2.63. The van der Waals surface area contributed by atoms with E-state index in [0.29, 0.717) is 12.0 Å². The van der Waals surface area contributed by atoms with Crippen LogP contribution in [0.2, 0.25) is 0 Å². The molecule has 1 atom stereocenters. The van der Waals surface area contributed by atoms with Crippen molar-refractivity contribution in [1.29, 1.82) is 0 Å². The zero-order valence-corrected chi connectivity index (χ0v) is 10.9. The molecular formula is C15H22N2O. The van der Waals surface area contributed by atoms with Crippen molar-refractivity contribution >= 4 is 5.91 Å². The Morgan fingerprint density at radius 1 is 1.22 bits per heavy atom. The fraction of sp³-hybridized carbons (Fsp3) is 0.533. The third-order valence-corrected chi connectivity index (χ3v) is 3.76. The number of carbonyl (C=O) groups is 1. The molecule has 0 aromatic heterocycles. The van der Waals surface area contributed by atoms with Crippen molar-refractivity contribution in [2.45, 2.75) is 50.6 Å². The van der Waals surface area contributed by atoms with Gasteiger partial charge in [0.1, 0.15) is 0 Å². The summed E-state index contributed by atoms with van der Waals surface area (Å²) in [7, 11) is 0. The highest BCUT2D eigenvalue weighted by Gasteiger charge is 2.23. The minimum Gasteiger partial charge on any atom is -0.352 e. The summed E-state index contributed by atoms with van der Waals surface area (Å²) in [6.07, 6.45) is 4.40. The van der Waals surface area contributed by atoms with E-state index in [0.717, 1.165) is 25.7 Å². The van der Waals surface area contributed by atoms with Gasteiger partial charge in [0.2, 0.25) is 5.91 Å². The largest absolute Gasteiger partial charge is 0.352 e. The van der Waals surface area contributed by atoms with Crippen molar-refractivity contribution in [3.05, 3.63) is 35.9 Å². The van der Waals surface area contributed by atoms with Gasteiger partial charge in [0.25, 0.3) is 0 Å². The predicted molar refractivity (Wildman–Crippen MR) is 73.2 cm³/mol. The van der Waals surface area contributed by atoms with Gasteiger partial charge in [0.05, 0.1) is 6.04 Å². The van der Waals surface area contributed by atoms with Crippen molar-refractivity contribution < 1.29 is 4.79 Å². The van der Waals surface area contributed by atoms with Crippen LogP contribution in [-0.4, -0.2) is 18.0 Å². The molecule has 0 bridgehead atoms. The van der Waals surface area contributed by atoms with E-state index in [1.54, 1.807) is 6.92 Å². The molecule has 1 aromatic carbocycles. The topological polar surface area (TPSA) is 55.1 Å². The molecule has 3 nitrogen and oxygen atoms in total. The zero-order valence-electron chi connectivity index (χ0n) is 10.9. The fourth-order valence-corrected chi connectivity index (χ4v) is 2.63. The monoisotopic (exact) mass is 246 g/mol. The van der Waals surface area contributed by atoms with Crippen LogP contribution in [0.15, 0.2) is 30.3 Å². The van der Waals surface area contributed by atoms with Gasteiger partial charge in [0, 0.05) is 6.04 Å². The first-order chi connectivity index (χ1) is 8.66. The van der Waals surface area contributed by atoms with Gasteiger partial charge < -0.3 is 11.1 Å². The second kappa shape index (κ2) is 6.01. The first-order valence-electron chi connectivity index (χ1n) is 6.77. The maximum absolute atomic E-state index is 11.5. The average molecular weight is 246 g/mol. The SMILES string of the molecule is CC(N)C(=O)NC1CCC(c2ccccc2)CC1. The molecular weight excluding hydrogens is 224 g/mol. The number of nitrogens with two attached hydrogens (primary N) is 1. The van der Waals surface area contributed by atoms with Gasteiger partial charge in [-0.1, -0.05) is 30.3 Å². The number of hydrogen-bond donors (Lipinski definition) is 2. The molecule has 1 aliphatic rings. The molecule has 1 aromatic rings. The number of carbonyl (C=O) groups excluding carboxylic acids is 1. The van der Waals surface area contributed by atoms with Gasteiger partial charge in [-0.05, 0) is 44.1 Å². The van der Waals surface area contributed by atoms with E-state index < -0.39 is 6.04 Å². The molecule has 0 saturated heterocycles. The van der Waals surface area contributed by atoms with Crippen LogP contribution in [0.4, 0.5) is 0 Å². The van der Waals surface area contributed by atoms with E-state index in [-0.39, 0.29) is 5.91 Å². The van der Waals surface area contributed by atoms with Crippen LogP contribution in [-0.2, 0) is 4.79 Å². The Kier molecular flexibility index (Phi) is 4.37. The Hall–Kier alpha value is -1.35. The predicted octanol–water partition coefficient (Wildman–Crippen LogP) is 2.18. The number of hydrogen-bond acceptors (Lipinski definition) is 2. The minimum atomic E-state index is -0.406. The molecule has 2 rings (SSSR count). The molecule has 98 valence electrons. The number of rotatable bonds is 3. The third-order valence-electron chi connectivity index (χ3n) is 3.76. The zero-order chi connectivity index (χ0) is 13.0. The highest BCUT2D eigenvalue weighted by Crippen LogP contribution is 2.32. The van der Waals surface area contributed by atoms with Gasteiger partial charge in [-0.2, -0.15) is 0 Å². The Morgan fingerprint density at radius 3 is 2.39 bits per heavy atom. The van der Waals surface area contributed by atoms with Crippen LogP contribution >= 0.6 is 0 Å². The molecule has 1 amide bonds. The molecule has 18 heavy (non-hydrogen) atoms. The maximum Gasteiger partial charge on any atom is 0.236 e. The molecule has 1 fully saturated rings. The summed E-state index contributed by atoms with van der Waals surface area (Å²) in [6, 6.07) is 10.5. The molecule has 1 saturated carbocycles. The maximum atomic E-state index is 11.5. The smallest absolute Gasteiger partial charge is 0.236 e. The van der Waals surface area contributed by atoms with Crippen molar-refractivity contribution in [2.24, 2.45) is 5.73 Å². The summed E-state index contributed by atoms with van der Waals surface area (Å²) < 4.78 is 0. The normalized spacial score (nSPS) is 25.4. The lowest BCUT2D eigenvalue weighted by Gasteiger charge is -2.29. The van der Waals surface area contributed by atoms with Crippen molar-refractivity contribution in [1.82, 2.24) is 5.32 Å². The highest BCUT2D eigenvalue weighted by molar-refractivity contribution is 5.81. The Morgan fingerprint density at radius 2 is 1.83 bits per heavy atom. The lowest BCUT2D eigenvalue weighted by molar-refractivity contribution is -0.122. The van der Waals surface area contributed by atoms with Crippen LogP contribution in [0.25, 0.3) is 0 Å². The number of nitrogens with one attached hydrogen (secondary N) is 1. The van der Waals surface area contributed by atoms with Crippen molar-refractivity contribution in [3.63, 3.8) is 0 Å². The second-order valence-electron chi connectivity index (χ2n) is 5.26.